The van der Waals surface area contributed by atoms with E-state index < -0.39 is 6.36 Å². The molecule has 0 unspecified atom stereocenters. The van der Waals surface area contributed by atoms with Gasteiger partial charge in [0.05, 0.1) is 5.71 Å². The second-order valence-corrected chi connectivity index (χ2v) is 5.03. The van der Waals surface area contributed by atoms with Crippen LogP contribution in [0.5, 0.6) is 5.75 Å². The summed E-state index contributed by atoms with van der Waals surface area (Å²) in [4.78, 5) is 15.0. The smallest absolute Gasteiger partial charge is 0.406 e. The summed E-state index contributed by atoms with van der Waals surface area (Å²) in [5.41, 5.74) is 3.06. The molecule has 1 aromatic carbocycles. The molecule has 2 rings (SSSR count). The van der Waals surface area contributed by atoms with Crippen LogP contribution >= 0.6 is 0 Å². The Morgan fingerprint density at radius 1 is 1.24 bits per heavy atom. The second kappa shape index (κ2) is 7.65. The highest BCUT2D eigenvalue weighted by molar-refractivity contribution is 6.15. The minimum atomic E-state index is -4.72. The topological polar surface area (TPSA) is 50.7 Å². The Balaban J connectivity index is 2.21. The summed E-state index contributed by atoms with van der Waals surface area (Å²) in [5.74, 6) is -0.298. The molecule has 0 fully saturated rings. The van der Waals surface area contributed by atoms with Crippen molar-refractivity contribution in [3.05, 3.63) is 72.1 Å². The maximum absolute atomic E-state index is 12.2. The van der Waals surface area contributed by atoms with Gasteiger partial charge in [0.15, 0.2) is 0 Å². The van der Waals surface area contributed by atoms with Crippen molar-refractivity contribution < 1.29 is 22.7 Å². The SMILES string of the molecule is C=C/N=C1/C=C(C=O)C=C/C1=C(/C)Nc1ccc(OC(F)(F)F)cc1. The van der Waals surface area contributed by atoms with Crippen LogP contribution in [0, 0.1) is 0 Å². The van der Waals surface area contributed by atoms with E-state index in [2.05, 4.69) is 21.6 Å². The molecule has 0 aliphatic heterocycles. The number of hydrogen-bond acceptors (Lipinski definition) is 4. The Labute approximate surface area is 142 Å². The van der Waals surface area contributed by atoms with Gasteiger partial charge in [0.2, 0.25) is 0 Å². The van der Waals surface area contributed by atoms with Crippen LogP contribution in [-0.2, 0) is 4.79 Å². The Morgan fingerprint density at radius 3 is 2.48 bits per heavy atom. The fraction of sp³-hybridized carbons (Fsp3) is 0.111. The van der Waals surface area contributed by atoms with Crippen LogP contribution in [0.15, 0.2) is 77.1 Å². The molecule has 0 bridgehead atoms. The summed E-state index contributed by atoms with van der Waals surface area (Å²) in [6.07, 6.45) is 2.36. The summed E-state index contributed by atoms with van der Waals surface area (Å²) in [7, 11) is 0. The lowest BCUT2D eigenvalue weighted by Crippen LogP contribution is -2.17. The highest BCUT2D eigenvalue weighted by atomic mass is 19.4. The van der Waals surface area contributed by atoms with Crippen LogP contribution in [0.3, 0.4) is 0 Å². The third kappa shape index (κ3) is 5.20. The predicted molar refractivity (Wildman–Crippen MR) is 90.4 cm³/mol. The molecule has 0 atom stereocenters. The van der Waals surface area contributed by atoms with Gasteiger partial charge in [-0.2, -0.15) is 0 Å². The van der Waals surface area contributed by atoms with Gasteiger partial charge >= 0.3 is 6.36 Å². The molecular formula is C18H15F3N2O2. The highest BCUT2D eigenvalue weighted by Gasteiger charge is 2.30. The zero-order chi connectivity index (χ0) is 18.4. The van der Waals surface area contributed by atoms with Gasteiger partial charge in [-0.3, -0.25) is 9.79 Å². The van der Waals surface area contributed by atoms with Crippen LogP contribution in [0.1, 0.15) is 6.92 Å². The van der Waals surface area contributed by atoms with Crippen molar-refractivity contribution in [2.75, 3.05) is 5.32 Å². The molecule has 1 aliphatic rings. The molecule has 4 nitrogen and oxygen atoms in total. The number of nitrogens with one attached hydrogen (secondary N) is 1. The maximum Gasteiger partial charge on any atom is 0.573 e. The van der Waals surface area contributed by atoms with E-state index in [9.17, 15) is 18.0 Å². The minimum Gasteiger partial charge on any atom is -0.406 e. The Kier molecular flexibility index (Phi) is 5.59. The second-order valence-electron chi connectivity index (χ2n) is 5.03. The Morgan fingerprint density at radius 2 is 1.92 bits per heavy atom. The zero-order valence-electron chi connectivity index (χ0n) is 13.3. The summed E-state index contributed by atoms with van der Waals surface area (Å²) in [6.45, 7) is 5.33. The lowest BCUT2D eigenvalue weighted by molar-refractivity contribution is -0.274. The van der Waals surface area contributed by atoms with Crippen molar-refractivity contribution in [3.63, 3.8) is 0 Å². The summed E-state index contributed by atoms with van der Waals surface area (Å²) < 4.78 is 40.3. The largest absolute Gasteiger partial charge is 0.573 e. The molecule has 25 heavy (non-hydrogen) atoms. The molecule has 0 saturated carbocycles. The average molecular weight is 348 g/mol. The van der Waals surface area contributed by atoms with Gasteiger partial charge < -0.3 is 10.1 Å². The number of alkyl halides is 3. The Hall–Kier alpha value is -3.09. The Bertz CT molecular complexity index is 786. The van der Waals surface area contributed by atoms with Gasteiger partial charge in [-0.25, -0.2) is 0 Å². The predicted octanol–water partition coefficient (Wildman–Crippen LogP) is 4.55. The van der Waals surface area contributed by atoms with Crippen molar-refractivity contribution in [2.24, 2.45) is 4.99 Å². The number of anilines is 1. The number of allylic oxidation sites excluding steroid dienone is 6. The van der Waals surface area contributed by atoms with Crippen molar-refractivity contribution >= 4 is 17.7 Å². The number of hydrogen-bond donors (Lipinski definition) is 1. The standard InChI is InChI=1S/C18H15F3N2O2/c1-3-22-17-10-13(11-24)4-9-16(17)12(2)23-14-5-7-15(8-6-14)25-18(19,20)21/h3-11,23H,1H2,2H3/b16-12+,22-17-. The fourth-order valence-electron chi connectivity index (χ4n) is 2.17. The van der Waals surface area contributed by atoms with E-state index in [1.165, 1.54) is 30.5 Å². The third-order valence-electron chi connectivity index (χ3n) is 3.21. The van der Waals surface area contributed by atoms with Crippen LogP contribution in [0.2, 0.25) is 0 Å². The van der Waals surface area contributed by atoms with Gasteiger partial charge in [0.1, 0.15) is 12.0 Å². The minimum absolute atomic E-state index is 0.298. The molecular weight excluding hydrogens is 333 g/mol. The van der Waals surface area contributed by atoms with Gasteiger partial charge in [-0.1, -0.05) is 18.7 Å². The van der Waals surface area contributed by atoms with E-state index in [0.717, 1.165) is 5.57 Å². The number of aldehydes is 1. The molecule has 0 heterocycles. The van der Waals surface area contributed by atoms with E-state index in [-0.39, 0.29) is 5.75 Å². The number of nitrogens with zero attached hydrogens (tertiary/aromatic N) is 1. The van der Waals surface area contributed by atoms with E-state index >= 15 is 0 Å². The summed E-state index contributed by atoms with van der Waals surface area (Å²) in [5, 5.41) is 3.08. The molecule has 1 aromatic rings. The average Bonchev–Trinajstić information content (AvgIpc) is 2.55. The van der Waals surface area contributed by atoms with E-state index in [1.807, 2.05) is 0 Å². The first-order chi connectivity index (χ1) is 11.8. The number of carbonyl (C=O) groups is 1. The summed E-state index contributed by atoms with van der Waals surface area (Å²) >= 11 is 0. The first-order valence-corrected chi connectivity index (χ1v) is 7.20. The lowest BCUT2D eigenvalue weighted by Gasteiger charge is -2.15. The van der Waals surface area contributed by atoms with Crippen LogP contribution in [0.25, 0.3) is 0 Å². The van der Waals surface area contributed by atoms with Crippen LogP contribution in [0.4, 0.5) is 18.9 Å². The van der Waals surface area contributed by atoms with Crippen LogP contribution < -0.4 is 10.1 Å². The number of rotatable bonds is 5. The normalized spacial score (nSPS) is 17.8. The number of carbonyl (C=O) groups excluding carboxylic acids is 1. The lowest BCUT2D eigenvalue weighted by atomic mass is 9.99. The monoisotopic (exact) mass is 348 g/mol. The number of halogens is 3. The van der Waals surface area contributed by atoms with Gasteiger partial charge in [0.25, 0.3) is 0 Å². The first-order valence-electron chi connectivity index (χ1n) is 7.20. The zero-order valence-corrected chi connectivity index (χ0v) is 13.3. The molecule has 130 valence electrons. The fourth-order valence-corrected chi connectivity index (χ4v) is 2.17. The van der Waals surface area contributed by atoms with Crippen molar-refractivity contribution in [3.8, 4) is 5.75 Å². The van der Waals surface area contributed by atoms with Gasteiger partial charge in [0, 0.05) is 28.7 Å². The molecule has 1 N–H and O–H groups in total. The maximum atomic E-state index is 12.2. The molecule has 0 spiro atoms. The number of benzene rings is 1. The molecule has 0 amide bonds. The molecule has 1 aliphatic carbocycles. The van der Waals surface area contributed by atoms with Crippen molar-refractivity contribution in [2.45, 2.75) is 13.3 Å². The first kappa shape index (κ1) is 18.3. The highest BCUT2D eigenvalue weighted by Crippen LogP contribution is 2.25. The van der Waals surface area contributed by atoms with Crippen molar-refractivity contribution in [1.82, 2.24) is 0 Å². The van der Waals surface area contributed by atoms with E-state index in [1.54, 1.807) is 25.2 Å². The molecule has 0 radical (unpaired) electrons. The van der Waals surface area contributed by atoms with Gasteiger partial charge in [-0.05, 0) is 37.3 Å². The van der Waals surface area contributed by atoms with Crippen molar-refractivity contribution in [1.29, 1.82) is 0 Å². The molecule has 0 saturated heterocycles. The molecule has 7 heteroatoms. The van der Waals surface area contributed by atoms with E-state index in [0.29, 0.717) is 29.0 Å². The van der Waals surface area contributed by atoms with E-state index in [4.69, 9.17) is 0 Å². The summed E-state index contributed by atoms with van der Waals surface area (Å²) in [6, 6.07) is 5.37. The third-order valence-corrected chi connectivity index (χ3v) is 3.21. The van der Waals surface area contributed by atoms with Gasteiger partial charge in [-0.15, -0.1) is 13.2 Å². The number of ether oxygens (including phenoxy) is 1. The quantitative estimate of drug-likeness (QED) is 0.794. The molecule has 0 aromatic heterocycles. The number of aliphatic imine (C=N–C) groups is 1. The van der Waals surface area contributed by atoms with Crippen LogP contribution in [-0.4, -0.2) is 18.4 Å².